The van der Waals surface area contributed by atoms with Crippen molar-refractivity contribution in [1.82, 2.24) is 0 Å². The Morgan fingerprint density at radius 1 is 1.30 bits per heavy atom. The van der Waals surface area contributed by atoms with Crippen LogP contribution in [0, 0.1) is 18.2 Å². The Bertz CT molecular complexity index is 658. The van der Waals surface area contributed by atoms with Crippen molar-refractivity contribution in [1.29, 1.82) is 5.41 Å². The van der Waals surface area contributed by atoms with Crippen LogP contribution >= 0.6 is 15.9 Å². The van der Waals surface area contributed by atoms with Gasteiger partial charge in [-0.3, -0.25) is 5.41 Å². The smallest absolute Gasteiger partial charge is 0.124 e. The molecular weight excluding hydrogens is 323 g/mol. The number of amidine groups is 1. The third-order valence-corrected chi connectivity index (χ3v) is 3.69. The molecule has 0 aliphatic carbocycles. The first-order valence-corrected chi connectivity index (χ1v) is 6.78. The van der Waals surface area contributed by atoms with Crippen LogP contribution in [0.5, 0.6) is 5.75 Å². The number of hydrogen-bond acceptors (Lipinski definition) is 2. The lowest BCUT2D eigenvalue weighted by molar-refractivity contribution is 0.305. The summed E-state index contributed by atoms with van der Waals surface area (Å²) in [5.74, 6) is 0.118. The largest absolute Gasteiger partial charge is 0.489 e. The van der Waals surface area contributed by atoms with Gasteiger partial charge in [0.25, 0.3) is 0 Å². The quantitative estimate of drug-likeness (QED) is 0.659. The number of ether oxygens (including phenoxy) is 1. The van der Waals surface area contributed by atoms with Gasteiger partial charge in [-0.15, -0.1) is 0 Å². The zero-order chi connectivity index (χ0) is 14.7. The second-order valence-electron chi connectivity index (χ2n) is 4.46. The molecule has 104 valence electrons. The number of rotatable bonds is 4. The molecule has 0 aliphatic rings. The van der Waals surface area contributed by atoms with Gasteiger partial charge >= 0.3 is 0 Å². The van der Waals surface area contributed by atoms with Crippen molar-refractivity contribution in [3.8, 4) is 5.75 Å². The third-order valence-electron chi connectivity index (χ3n) is 2.80. The topological polar surface area (TPSA) is 59.1 Å². The average molecular weight is 337 g/mol. The van der Waals surface area contributed by atoms with E-state index in [1.807, 2.05) is 25.1 Å². The van der Waals surface area contributed by atoms with Gasteiger partial charge in [-0.2, -0.15) is 0 Å². The first-order chi connectivity index (χ1) is 9.45. The summed E-state index contributed by atoms with van der Waals surface area (Å²) in [7, 11) is 0. The molecule has 0 unspecified atom stereocenters. The summed E-state index contributed by atoms with van der Waals surface area (Å²) in [6.45, 7) is 2.19. The maximum atomic E-state index is 13.4. The molecule has 0 bridgehead atoms. The Kier molecular flexibility index (Phi) is 4.39. The number of nitrogens with two attached hydrogens (primary N) is 1. The van der Waals surface area contributed by atoms with Gasteiger partial charge < -0.3 is 10.5 Å². The van der Waals surface area contributed by atoms with Gasteiger partial charge in [-0.25, -0.2) is 4.39 Å². The minimum absolute atomic E-state index is 0.162. The monoisotopic (exact) mass is 336 g/mol. The SMILES string of the molecule is Cc1cc(OCc2cc(F)cc(C(=N)N)c2)ccc1Br. The van der Waals surface area contributed by atoms with Gasteiger partial charge in [0.1, 0.15) is 24.0 Å². The molecule has 0 aromatic heterocycles. The van der Waals surface area contributed by atoms with E-state index in [9.17, 15) is 4.39 Å². The molecule has 0 saturated heterocycles. The first kappa shape index (κ1) is 14.5. The second-order valence-corrected chi connectivity index (χ2v) is 5.32. The highest BCUT2D eigenvalue weighted by Crippen LogP contribution is 2.22. The Labute approximate surface area is 125 Å². The molecule has 5 heteroatoms. The van der Waals surface area contributed by atoms with Crippen LogP contribution in [0.4, 0.5) is 4.39 Å². The molecule has 0 saturated carbocycles. The van der Waals surface area contributed by atoms with Crippen LogP contribution in [0.1, 0.15) is 16.7 Å². The number of benzene rings is 2. The molecule has 2 aromatic rings. The zero-order valence-corrected chi connectivity index (χ0v) is 12.5. The van der Waals surface area contributed by atoms with Crippen molar-refractivity contribution in [3.05, 3.63) is 63.4 Å². The van der Waals surface area contributed by atoms with E-state index >= 15 is 0 Å². The molecule has 0 radical (unpaired) electrons. The first-order valence-electron chi connectivity index (χ1n) is 5.98. The normalized spacial score (nSPS) is 10.3. The number of halogens is 2. The summed E-state index contributed by atoms with van der Waals surface area (Å²) in [6.07, 6.45) is 0. The highest BCUT2D eigenvalue weighted by atomic mass is 79.9. The highest BCUT2D eigenvalue weighted by Gasteiger charge is 2.05. The van der Waals surface area contributed by atoms with E-state index in [1.54, 1.807) is 6.07 Å². The third kappa shape index (κ3) is 3.57. The van der Waals surface area contributed by atoms with E-state index in [0.717, 1.165) is 10.0 Å². The van der Waals surface area contributed by atoms with Crippen molar-refractivity contribution >= 4 is 21.8 Å². The lowest BCUT2D eigenvalue weighted by Crippen LogP contribution is -2.12. The fourth-order valence-corrected chi connectivity index (χ4v) is 2.01. The van der Waals surface area contributed by atoms with E-state index in [-0.39, 0.29) is 12.4 Å². The van der Waals surface area contributed by atoms with E-state index in [4.69, 9.17) is 15.9 Å². The van der Waals surface area contributed by atoms with Crippen molar-refractivity contribution in [2.75, 3.05) is 0 Å². The van der Waals surface area contributed by atoms with Crippen LogP contribution < -0.4 is 10.5 Å². The van der Waals surface area contributed by atoms with Gasteiger partial charge in [-0.1, -0.05) is 15.9 Å². The molecule has 0 atom stereocenters. The Hall–Kier alpha value is -1.88. The molecule has 3 nitrogen and oxygen atoms in total. The summed E-state index contributed by atoms with van der Waals surface area (Å²) < 4.78 is 20.0. The predicted molar refractivity (Wildman–Crippen MR) is 80.6 cm³/mol. The van der Waals surface area contributed by atoms with Crippen LogP contribution in [0.3, 0.4) is 0 Å². The standard InChI is InChI=1S/C15H14BrFN2O/c1-9-4-13(2-3-14(9)16)20-8-10-5-11(15(18)19)7-12(17)6-10/h2-7H,8H2,1H3,(H3,18,19). The Balaban J connectivity index is 2.14. The molecule has 0 heterocycles. The van der Waals surface area contributed by atoms with Crippen molar-refractivity contribution in [2.24, 2.45) is 5.73 Å². The maximum Gasteiger partial charge on any atom is 0.124 e. The Morgan fingerprint density at radius 2 is 2.05 bits per heavy atom. The van der Waals surface area contributed by atoms with Gasteiger partial charge in [0.15, 0.2) is 0 Å². The summed E-state index contributed by atoms with van der Waals surface area (Å²) in [6, 6.07) is 9.89. The highest BCUT2D eigenvalue weighted by molar-refractivity contribution is 9.10. The van der Waals surface area contributed by atoms with Crippen molar-refractivity contribution in [3.63, 3.8) is 0 Å². The maximum absolute atomic E-state index is 13.4. The fraction of sp³-hybridized carbons (Fsp3) is 0.133. The lowest BCUT2D eigenvalue weighted by atomic mass is 10.1. The van der Waals surface area contributed by atoms with Crippen molar-refractivity contribution < 1.29 is 9.13 Å². The number of hydrogen-bond donors (Lipinski definition) is 2. The average Bonchev–Trinajstić information content (AvgIpc) is 2.39. The molecule has 0 amide bonds. The van der Waals surface area contributed by atoms with Crippen molar-refractivity contribution in [2.45, 2.75) is 13.5 Å². The summed E-state index contributed by atoms with van der Waals surface area (Å²) in [4.78, 5) is 0. The minimum atomic E-state index is -0.428. The Morgan fingerprint density at radius 3 is 2.70 bits per heavy atom. The molecule has 2 rings (SSSR count). The second kappa shape index (κ2) is 6.05. The molecule has 0 fully saturated rings. The van der Waals surface area contributed by atoms with E-state index in [1.165, 1.54) is 12.1 Å². The lowest BCUT2D eigenvalue weighted by Gasteiger charge is -2.09. The molecule has 2 aromatic carbocycles. The molecule has 20 heavy (non-hydrogen) atoms. The van der Waals surface area contributed by atoms with Crippen LogP contribution in [-0.2, 0) is 6.61 Å². The molecular formula is C15H14BrFN2O. The van der Waals surface area contributed by atoms with Crippen LogP contribution in [0.2, 0.25) is 0 Å². The van der Waals surface area contributed by atoms with Crippen LogP contribution in [-0.4, -0.2) is 5.84 Å². The summed E-state index contributed by atoms with van der Waals surface area (Å²) >= 11 is 3.42. The minimum Gasteiger partial charge on any atom is -0.489 e. The number of nitrogens with one attached hydrogen (secondary N) is 1. The summed E-state index contributed by atoms with van der Waals surface area (Å²) in [5.41, 5.74) is 7.42. The van der Waals surface area contributed by atoms with Gasteiger partial charge in [-0.05, 0) is 54.4 Å². The number of aryl methyl sites for hydroxylation is 1. The van der Waals surface area contributed by atoms with E-state index < -0.39 is 5.82 Å². The van der Waals surface area contributed by atoms with Crippen LogP contribution in [0.25, 0.3) is 0 Å². The molecule has 3 N–H and O–H groups in total. The van der Waals surface area contributed by atoms with Gasteiger partial charge in [0.05, 0.1) is 0 Å². The predicted octanol–water partition coefficient (Wildman–Crippen LogP) is 3.76. The fourth-order valence-electron chi connectivity index (χ4n) is 1.76. The van der Waals surface area contributed by atoms with Gasteiger partial charge in [0.2, 0.25) is 0 Å². The number of nitrogen functional groups attached to an aromatic ring is 1. The van der Waals surface area contributed by atoms with E-state index in [0.29, 0.717) is 16.9 Å². The molecule has 0 aliphatic heterocycles. The van der Waals surface area contributed by atoms with Crippen LogP contribution in [0.15, 0.2) is 40.9 Å². The van der Waals surface area contributed by atoms with E-state index in [2.05, 4.69) is 15.9 Å². The molecule has 0 spiro atoms. The summed E-state index contributed by atoms with van der Waals surface area (Å²) in [5, 5.41) is 7.34. The van der Waals surface area contributed by atoms with Gasteiger partial charge in [0, 0.05) is 10.0 Å². The zero-order valence-electron chi connectivity index (χ0n) is 10.9.